The summed E-state index contributed by atoms with van der Waals surface area (Å²) in [4.78, 5) is 33.7. The molecule has 31 heavy (non-hydrogen) atoms. The standard InChI is InChI=1S/C22H23N5O2S2/c1-12-16(21(29)25-20-19(12)13(2)26-27(20)3)9-10-18(28)24-22-23-17(11-31-22)14-5-7-15(30-4)8-6-14/h5-8,11H,9-10H2,1-4H3,(H,25,29)(H,23,24,28). The highest BCUT2D eigenvalue weighted by Gasteiger charge is 2.16. The molecule has 7 nitrogen and oxygen atoms in total. The number of thiazole rings is 1. The van der Waals surface area contributed by atoms with Crippen molar-refractivity contribution < 1.29 is 4.79 Å². The minimum atomic E-state index is -0.175. The molecule has 0 spiro atoms. The molecule has 160 valence electrons. The SMILES string of the molecule is CSc1ccc(-c2csc(NC(=O)CCc3c(C)c4c(C)nn(C)c4[nH]c3=O)n2)cc1. The van der Waals surface area contributed by atoms with Gasteiger partial charge >= 0.3 is 0 Å². The lowest BCUT2D eigenvalue weighted by Gasteiger charge is -2.07. The summed E-state index contributed by atoms with van der Waals surface area (Å²) in [6.07, 6.45) is 2.59. The van der Waals surface area contributed by atoms with Crippen LogP contribution in [0, 0.1) is 13.8 Å². The Hall–Kier alpha value is -2.91. The number of nitrogens with one attached hydrogen (secondary N) is 2. The van der Waals surface area contributed by atoms with E-state index in [9.17, 15) is 9.59 Å². The molecular formula is C22H23N5O2S2. The fraction of sp³-hybridized carbons (Fsp3) is 0.273. The van der Waals surface area contributed by atoms with E-state index < -0.39 is 0 Å². The van der Waals surface area contributed by atoms with Gasteiger partial charge in [0, 0.05) is 40.3 Å². The molecule has 0 atom stereocenters. The zero-order chi connectivity index (χ0) is 22.1. The van der Waals surface area contributed by atoms with Crippen LogP contribution in [-0.4, -0.2) is 31.9 Å². The number of H-pyrrole nitrogens is 1. The molecule has 1 aromatic carbocycles. The van der Waals surface area contributed by atoms with Crippen molar-refractivity contribution in [2.75, 3.05) is 11.6 Å². The number of aryl methyl sites for hydroxylation is 3. The zero-order valence-corrected chi connectivity index (χ0v) is 19.4. The number of pyridine rings is 1. The third-order valence-corrected chi connectivity index (χ3v) is 6.80. The Kier molecular flexibility index (Phi) is 5.97. The second kappa shape index (κ2) is 8.68. The van der Waals surface area contributed by atoms with Crippen molar-refractivity contribution in [1.82, 2.24) is 19.7 Å². The molecule has 9 heteroatoms. The van der Waals surface area contributed by atoms with Crippen LogP contribution in [0.15, 0.2) is 39.3 Å². The fourth-order valence-electron chi connectivity index (χ4n) is 3.70. The number of aromatic nitrogens is 4. The first-order valence-electron chi connectivity index (χ1n) is 9.82. The number of carbonyl (C=O) groups excluding carboxylic acids is 1. The molecule has 0 aliphatic carbocycles. The molecule has 0 bridgehead atoms. The number of anilines is 1. The molecule has 4 rings (SSSR count). The number of nitrogens with zero attached hydrogens (tertiary/aromatic N) is 3. The van der Waals surface area contributed by atoms with Gasteiger partial charge in [0.05, 0.1) is 11.4 Å². The maximum atomic E-state index is 12.6. The Morgan fingerprint density at radius 1 is 1.26 bits per heavy atom. The summed E-state index contributed by atoms with van der Waals surface area (Å²) >= 11 is 3.08. The van der Waals surface area contributed by atoms with E-state index in [-0.39, 0.29) is 17.9 Å². The van der Waals surface area contributed by atoms with E-state index in [1.807, 2.05) is 37.6 Å². The molecule has 0 radical (unpaired) electrons. The Morgan fingerprint density at radius 2 is 2.00 bits per heavy atom. The van der Waals surface area contributed by atoms with E-state index in [2.05, 4.69) is 32.5 Å². The maximum Gasteiger partial charge on any atom is 0.253 e. The van der Waals surface area contributed by atoms with Crippen LogP contribution in [0.3, 0.4) is 0 Å². The number of carbonyl (C=O) groups is 1. The van der Waals surface area contributed by atoms with Gasteiger partial charge in [0.2, 0.25) is 5.91 Å². The molecule has 0 fully saturated rings. The lowest BCUT2D eigenvalue weighted by molar-refractivity contribution is -0.116. The van der Waals surface area contributed by atoms with E-state index in [0.29, 0.717) is 22.8 Å². The molecule has 3 aromatic heterocycles. The Balaban J connectivity index is 1.45. The maximum absolute atomic E-state index is 12.6. The Bertz CT molecular complexity index is 1320. The van der Waals surface area contributed by atoms with E-state index in [1.165, 1.54) is 16.2 Å². The highest BCUT2D eigenvalue weighted by molar-refractivity contribution is 7.98. The van der Waals surface area contributed by atoms with Crippen molar-refractivity contribution in [3.63, 3.8) is 0 Å². The molecule has 0 saturated carbocycles. The second-order valence-corrected chi connectivity index (χ2v) is 9.04. The van der Waals surface area contributed by atoms with Crippen LogP contribution >= 0.6 is 23.1 Å². The monoisotopic (exact) mass is 453 g/mol. The smallest absolute Gasteiger partial charge is 0.253 e. The minimum absolute atomic E-state index is 0.166. The van der Waals surface area contributed by atoms with Crippen LogP contribution in [-0.2, 0) is 18.3 Å². The van der Waals surface area contributed by atoms with Gasteiger partial charge in [-0.3, -0.25) is 14.3 Å². The normalized spacial score (nSPS) is 11.2. The summed E-state index contributed by atoms with van der Waals surface area (Å²) in [5.74, 6) is -0.166. The largest absolute Gasteiger partial charge is 0.307 e. The van der Waals surface area contributed by atoms with Crippen molar-refractivity contribution in [1.29, 1.82) is 0 Å². The Morgan fingerprint density at radius 3 is 2.71 bits per heavy atom. The average molecular weight is 454 g/mol. The molecule has 0 aliphatic rings. The van der Waals surface area contributed by atoms with Crippen molar-refractivity contribution in [2.45, 2.75) is 31.6 Å². The van der Waals surface area contributed by atoms with Crippen molar-refractivity contribution in [3.05, 3.63) is 56.8 Å². The van der Waals surface area contributed by atoms with Gasteiger partial charge in [0.15, 0.2) is 5.13 Å². The summed E-state index contributed by atoms with van der Waals surface area (Å²) in [6.45, 7) is 3.83. The number of fused-ring (bicyclic) bond motifs is 1. The van der Waals surface area contributed by atoms with E-state index in [0.717, 1.165) is 27.9 Å². The highest BCUT2D eigenvalue weighted by atomic mass is 32.2. The summed E-state index contributed by atoms with van der Waals surface area (Å²) in [7, 11) is 1.80. The summed E-state index contributed by atoms with van der Waals surface area (Å²) in [5.41, 5.74) is 4.72. The molecule has 0 aliphatic heterocycles. The molecular weight excluding hydrogens is 430 g/mol. The van der Waals surface area contributed by atoms with Crippen LogP contribution in [0.5, 0.6) is 0 Å². The van der Waals surface area contributed by atoms with E-state index >= 15 is 0 Å². The van der Waals surface area contributed by atoms with Gasteiger partial charge in [0.1, 0.15) is 5.65 Å². The number of thioether (sulfide) groups is 1. The lowest BCUT2D eigenvalue weighted by atomic mass is 10.0. The van der Waals surface area contributed by atoms with Gasteiger partial charge in [-0.1, -0.05) is 12.1 Å². The number of amides is 1. The van der Waals surface area contributed by atoms with Crippen LogP contribution in [0.25, 0.3) is 22.3 Å². The molecule has 3 heterocycles. The van der Waals surface area contributed by atoms with Gasteiger partial charge in [-0.05, 0) is 44.2 Å². The number of rotatable bonds is 6. The molecule has 1 amide bonds. The van der Waals surface area contributed by atoms with Crippen molar-refractivity contribution >= 4 is 45.2 Å². The first kappa shape index (κ1) is 21.3. The summed E-state index contributed by atoms with van der Waals surface area (Å²) in [5, 5.41) is 10.7. The minimum Gasteiger partial charge on any atom is -0.307 e. The lowest BCUT2D eigenvalue weighted by Crippen LogP contribution is -2.19. The molecule has 0 unspecified atom stereocenters. The average Bonchev–Trinajstić information content (AvgIpc) is 3.32. The van der Waals surface area contributed by atoms with Gasteiger partial charge in [-0.15, -0.1) is 23.1 Å². The van der Waals surface area contributed by atoms with Crippen LogP contribution < -0.4 is 10.9 Å². The van der Waals surface area contributed by atoms with Crippen LogP contribution in [0.4, 0.5) is 5.13 Å². The summed E-state index contributed by atoms with van der Waals surface area (Å²) in [6, 6.07) is 8.16. The Labute approximate surface area is 187 Å². The number of hydrogen-bond acceptors (Lipinski definition) is 6. The van der Waals surface area contributed by atoms with Gasteiger partial charge in [-0.25, -0.2) is 4.98 Å². The van der Waals surface area contributed by atoms with Gasteiger partial charge in [0.25, 0.3) is 5.56 Å². The predicted molar refractivity (Wildman–Crippen MR) is 127 cm³/mol. The highest BCUT2D eigenvalue weighted by Crippen LogP contribution is 2.27. The van der Waals surface area contributed by atoms with Gasteiger partial charge < -0.3 is 10.3 Å². The summed E-state index contributed by atoms with van der Waals surface area (Å²) < 4.78 is 1.67. The number of aromatic amines is 1. The molecule has 4 aromatic rings. The first-order valence-corrected chi connectivity index (χ1v) is 11.9. The molecule has 2 N–H and O–H groups in total. The first-order chi connectivity index (χ1) is 14.9. The van der Waals surface area contributed by atoms with E-state index in [1.54, 1.807) is 23.5 Å². The quantitative estimate of drug-likeness (QED) is 0.425. The predicted octanol–water partition coefficient (Wildman–Crippen LogP) is 4.30. The number of hydrogen-bond donors (Lipinski definition) is 2. The van der Waals surface area contributed by atoms with Crippen LogP contribution in [0.2, 0.25) is 0 Å². The topological polar surface area (TPSA) is 92.7 Å². The fourth-order valence-corrected chi connectivity index (χ4v) is 4.85. The second-order valence-electron chi connectivity index (χ2n) is 7.30. The van der Waals surface area contributed by atoms with E-state index in [4.69, 9.17) is 0 Å². The third-order valence-electron chi connectivity index (χ3n) is 5.29. The number of benzene rings is 1. The van der Waals surface area contributed by atoms with Crippen molar-refractivity contribution in [2.24, 2.45) is 7.05 Å². The van der Waals surface area contributed by atoms with Crippen LogP contribution in [0.1, 0.15) is 23.2 Å². The zero-order valence-electron chi connectivity index (χ0n) is 17.8. The molecule has 0 saturated heterocycles. The van der Waals surface area contributed by atoms with Crippen molar-refractivity contribution in [3.8, 4) is 11.3 Å². The third kappa shape index (κ3) is 4.28. The van der Waals surface area contributed by atoms with Gasteiger partial charge in [-0.2, -0.15) is 5.10 Å².